The van der Waals surface area contributed by atoms with Crippen molar-refractivity contribution in [3.05, 3.63) is 267 Å². The molecule has 0 nitrogen and oxygen atoms in total. The fourth-order valence-corrected chi connectivity index (χ4v) is 13.1. The van der Waals surface area contributed by atoms with Gasteiger partial charge in [0.05, 0.1) is 0 Å². The summed E-state index contributed by atoms with van der Waals surface area (Å²) in [4.78, 5) is 0. The van der Waals surface area contributed by atoms with Crippen molar-refractivity contribution in [3.8, 4) is 44.5 Å². The molecule has 0 aromatic heterocycles. The van der Waals surface area contributed by atoms with Crippen LogP contribution in [0.3, 0.4) is 0 Å². The molecule has 0 bridgehead atoms. The van der Waals surface area contributed by atoms with E-state index in [1.165, 1.54) is 163 Å². The minimum Gasteiger partial charge on any atom is -0.0616 e. The second-order valence-corrected chi connectivity index (χ2v) is 20.2. The van der Waals surface area contributed by atoms with E-state index in [1.807, 2.05) is 0 Å². The predicted molar refractivity (Wildman–Crippen MR) is 321 cm³/mol. The summed E-state index contributed by atoms with van der Waals surface area (Å²) in [7, 11) is 0. The smallest absolute Gasteiger partial charge is 0.00141 e. The van der Waals surface area contributed by atoms with Crippen molar-refractivity contribution < 1.29 is 0 Å². The Labute approximate surface area is 427 Å². The molecule has 16 aromatic carbocycles. The van der Waals surface area contributed by atoms with Gasteiger partial charge in [0.15, 0.2) is 0 Å². The van der Waals surface area contributed by atoms with E-state index in [4.69, 9.17) is 0 Å². The highest BCUT2D eigenvalue weighted by molar-refractivity contribution is 6.32. The van der Waals surface area contributed by atoms with Gasteiger partial charge in [-0.3, -0.25) is 0 Å². The molecule has 0 aliphatic rings. The van der Waals surface area contributed by atoms with Crippen molar-refractivity contribution in [2.75, 3.05) is 0 Å². The zero-order valence-electron chi connectivity index (χ0n) is 40.4. The molecular formula is C74H44. The third-order valence-corrected chi connectivity index (χ3v) is 16.3. The van der Waals surface area contributed by atoms with Gasteiger partial charge < -0.3 is 0 Å². The van der Waals surface area contributed by atoms with Gasteiger partial charge in [-0.15, -0.1) is 0 Å². The Kier molecular flexibility index (Phi) is 8.84. The highest BCUT2D eigenvalue weighted by Gasteiger charge is 2.23. The zero-order valence-corrected chi connectivity index (χ0v) is 40.4. The number of fused-ring (bicyclic) bond motifs is 15. The lowest BCUT2D eigenvalue weighted by molar-refractivity contribution is 1.68. The highest BCUT2D eigenvalue weighted by atomic mass is 14.3. The van der Waals surface area contributed by atoms with Gasteiger partial charge in [0.25, 0.3) is 0 Å². The molecule has 74 heavy (non-hydrogen) atoms. The molecule has 0 aliphatic heterocycles. The monoisotopic (exact) mass is 932 g/mol. The summed E-state index contributed by atoms with van der Waals surface area (Å²) >= 11 is 0. The van der Waals surface area contributed by atoms with Crippen LogP contribution in [0.1, 0.15) is 0 Å². The van der Waals surface area contributed by atoms with Gasteiger partial charge in [0.2, 0.25) is 0 Å². The van der Waals surface area contributed by atoms with Crippen LogP contribution in [0.5, 0.6) is 0 Å². The van der Waals surface area contributed by atoms with Gasteiger partial charge >= 0.3 is 0 Å². The fraction of sp³-hybridized carbons (Fsp3) is 0. The topological polar surface area (TPSA) is 0 Å². The van der Waals surface area contributed by atoms with Crippen molar-refractivity contribution in [3.63, 3.8) is 0 Å². The molecule has 16 rings (SSSR count). The Hall–Kier alpha value is -9.62. The first-order valence-corrected chi connectivity index (χ1v) is 25.8. The summed E-state index contributed by atoms with van der Waals surface area (Å²) in [5, 5.41) is 27.7. The largest absolute Gasteiger partial charge is 0.0616 e. The second kappa shape index (κ2) is 15.9. The average Bonchev–Trinajstić information content (AvgIpc) is 3.48. The molecule has 0 amide bonds. The molecule has 0 radical (unpaired) electrons. The zero-order chi connectivity index (χ0) is 48.4. The minimum atomic E-state index is 1.21. The number of rotatable bonds is 4. The molecule has 0 heteroatoms. The molecule has 0 fully saturated rings. The van der Waals surface area contributed by atoms with Crippen molar-refractivity contribution in [1.29, 1.82) is 0 Å². The lowest BCUT2D eigenvalue weighted by Gasteiger charge is -2.21. The fourth-order valence-electron chi connectivity index (χ4n) is 13.1. The van der Waals surface area contributed by atoms with Gasteiger partial charge in [-0.05, 0) is 187 Å². The minimum absolute atomic E-state index is 1.21. The average molecular weight is 933 g/mol. The summed E-state index contributed by atoms with van der Waals surface area (Å²) in [6.07, 6.45) is 0. The van der Waals surface area contributed by atoms with Gasteiger partial charge in [-0.1, -0.05) is 243 Å². The van der Waals surface area contributed by atoms with Crippen LogP contribution in [0.4, 0.5) is 0 Å². The van der Waals surface area contributed by atoms with E-state index in [9.17, 15) is 0 Å². The van der Waals surface area contributed by atoms with Crippen LogP contribution < -0.4 is 0 Å². The van der Waals surface area contributed by atoms with Crippen molar-refractivity contribution >= 4 is 118 Å². The summed E-state index contributed by atoms with van der Waals surface area (Å²) < 4.78 is 0. The third kappa shape index (κ3) is 6.03. The number of benzene rings is 16. The van der Waals surface area contributed by atoms with Gasteiger partial charge in [0.1, 0.15) is 0 Å². The molecule has 0 spiro atoms. The number of hydrogen-bond donors (Lipinski definition) is 0. The van der Waals surface area contributed by atoms with Gasteiger partial charge in [-0.25, -0.2) is 0 Å². The Morgan fingerprint density at radius 1 is 0.149 bits per heavy atom. The van der Waals surface area contributed by atoms with E-state index in [1.54, 1.807) is 0 Å². The first-order chi connectivity index (χ1) is 36.7. The molecule has 0 N–H and O–H groups in total. The van der Waals surface area contributed by atoms with Crippen molar-refractivity contribution in [2.24, 2.45) is 0 Å². The maximum absolute atomic E-state index is 2.48. The third-order valence-electron chi connectivity index (χ3n) is 16.3. The molecule has 0 aliphatic carbocycles. The van der Waals surface area contributed by atoms with E-state index >= 15 is 0 Å². The molecule has 0 atom stereocenters. The molecule has 0 saturated heterocycles. The normalized spacial score (nSPS) is 12.1. The maximum Gasteiger partial charge on any atom is -0.00141 e. The standard InChI is InChI=1S/C74H44/c1-2-19-49-41-52(32-29-45(49)15-1)69-61-25-11-12-26-62(61)70(73-56-21-7-4-17-47(56)36-39-65(69)73)53-33-30-51-43-54(34-31-50(51)42-53)71-63-27-13-14-28-64(63)72(66-40-37-48-18-5-8-22-57(48)74(66)71)68-44-67-55-20-6-3-16-46(55)35-38-60(67)58-23-9-10-24-59(58)68/h1-44H. The molecule has 0 unspecified atom stereocenters. The summed E-state index contributed by atoms with van der Waals surface area (Å²) in [6.45, 7) is 0. The van der Waals surface area contributed by atoms with E-state index < -0.39 is 0 Å². The van der Waals surface area contributed by atoms with Gasteiger partial charge in [0, 0.05) is 0 Å². The van der Waals surface area contributed by atoms with Crippen LogP contribution in [0.2, 0.25) is 0 Å². The second-order valence-electron chi connectivity index (χ2n) is 20.2. The van der Waals surface area contributed by atoms with Crippen molar-refractivity contribution in [1.82, 2.24) is 0 Å². The quantitative estimate of drug-likeness (QED) is 0.122. The molecule has 0 heterocycles. The van der Waals surface area contributed by atoms with Crippen LogP contribution in [-0.4, -0.2) is 0 Å². The van der Waals surface area contributed by atoms with E-state index in [0.717, 1.165) is 0 Å². The van der Waals surface area contributed by atoms with Crippen molar-refractivity contribution in [2.45, 2.75) is 0 Å². The van der Waals surface area contributed by atoms with Crippen LogP contribution >= 0.6 is 0 Å². The molecule has 340 valence electrons. The molecular weight excluding hydrogens is 889 g/mol. The van der Waals surface area contributed by atoms with Crippen LogP contribution in [0.15, 0.2) is 267 Å². The van der Waals surface area contributed by atoms with Crippen LogP contribution in [0, 0.1) is 0 Å². The summed E-state index contributed by atoms with van der Waals surface area (Å²) in [5.41, 5.74) is 10.0. The Bertz CT molecular complexity index is 5070. The van der Waals surface area contributed by atoms with Crippen LogP contribution in [0.25, 0.3) is 163 Å². The lowest BCUT2D eigenvalue weighted by Crippen LogP contribution is -1.94. The lowest BCUT2D eigenvalue weighted by atomic mass is 9.81. The first-order valence-electron chi connectivity index (χ1n) is 25.8. The van der Waals surface area contributed by atoms with E-state index in [2.05, 4.69) is 267 Å². The summed E-state index contributed by atoms with van der Waals surface area (Å²) in [6, 6.07) is 100. The van der Waals surface area contributed by atoms with Gasteiger partial charge in [-0.2, -0.15) is 0 Å². The maximum atomic E-state index is 2.48. The number of hydrogen-bond acceptors (Lipinski definition) is 0. The summed E-state index contributed by atoms with van der Waals surface area (Å²) in [5.74, 6) is 0. The van der Waals surface area contributed by atoms with E-state index in [0.29, 0.717) is 0 Å². The Balaban J connectivity index is 0.942. The van der Waals surface area contributed by atoms with Crippen LogP contribution in [-0.2, 0) is 0 Å². The Morgan fingerprint density at radius 2 is 0.473 bits per heavy atom. The predicted octanol–water partition coefficient (Wildman–Crippen LogP) is 21.0. The highest BCUT2D eigenvalue weighted by Crippen LogP contribution is 2.51. The molecule has 0 saturated carbocycles. The van der Waals surface area contributed by atoms with E-state index in [-0.39, 0.29) is 0 Å². The first kappa shape index (κ1) is 41.0. The molecule has 16 aromatic rings. The Morgan fingerprint density at radius 3 is 1.03 bits per heavy atom. The SMILES string of the molecule is c1ccc2cc(-c3c4ccccc4c(-c4ccc5cc(-c6c7ccccc7c(-c7cc8c9ccccc9ccc8c8ccccc78)c7ccc8ccccc8c67)ccc5c4)c4c3ccc3ccccc34)ccc2c1.